The molecule has 1 fully saturated rings. The maximum atomic E-state index is 9.61. The minimum absolute atomic E-state index is 0.295. The molecule has 0 bridgehead atoms. The highest BCUT2D eigenvalue weighted by atomic mass is 35.5. The van der Waals surface area contributed by atoms with Crippen LogP contribution in [0.15, 0.2) is 42.6 Å². The number of nitriles is 1. The van der Waals surface area contributed by atoms with Crippen molar-refractivity contribution in [3.8, 4) is 6.07 Å². The van der Waals surface area contributed by atoms with Crippen molar-refractivity contribution in [2.24, 2.45) is 0 Å². The van der Waals surface area contributed by atoms with Gasteiger partial charge in [0, 0.05) is 11.4 Å². The summed E-state index contributed by atoms with van der Waals surface area (Å²) >= 11 is 6.48. The summed E-state index contributed by atoms with van der Waals surface area (Å²) in [6.45, 7) is 4.44. The number of hydrogen-bond acceptors (Lipinski definition) is 5. The number of aromatic nitrogens is 2. The van der Waals surface area contributed by atoms with Gasteiger partial charge < -0.3 is 10.6 Å². The van der Waals surface area contributed by atoms with Crippen LogP contribution in [-0.4, -0.2) is 23.3 Å². The fraction of sp³-hybridized carbons (Fsp3) is 0.370. The molecule has 0 atom stereocenters. The number of benzene rings is 2. The number of halogens is 1. The fourth-order valence-corrected chi connectivity index (χ4v) is 5.80. The Morgan fingerprint density at radius 2 is 1.79 bits per heavy atom. The molecule has 5 rings (SSSR count). The van der Waals surface area contributed by atoms with Crippen LogP contribution in [0.1, 0.15) is 48.8 Å². The van der Waals surface area contributed by atoms with Crippen LogP contribution in [0.25, 0.3) is 0 Å². The van der Waals surface area contributed by atoms with Gasteiger partial charge in [-0.05, 0) is 98.1 Å². The first-order valence-electron chi connectivity index (χ1n) is 11.9. The van der Waals surface area contributed by atoms with Crippen molar-refractivity contribution in [1.82, 2.24) is 9.97 Å². The van der Waals surface area contributed by atoms with E-state index in [2.05, 4.69) is 76.4 Å². The Labute approximate surface area is 207 Å². The SMILES string of the molecule is CP(C)c1cc(C2(C#N)CC2)ccc1Nc1nc(Nc2ccc3c(c2)CCCCC3)ncc1Cl. The fourth-order valence-electron chi connectivity index (χ4n) is 4.65. The first kappa shape index (κ1) is 23.1. The molecule has 1 aromatic heterocycles. The number of aryl methyl sites for hydroxylation is 2. The number of nitrogens with zero attached hydrogens (tertiary/aromatic N) is 3. The van der Waals surface area contributed by atoms with E-state index in [9.17, 15) is 5.26 Å². The Hall–Kier alpha value is -2.67. The Kier molecular flexibility index (Phi) is 6.47. The molecule has 3 aromatic rings. The van der Waals surface area contributed by atoms with Gasteiger partial charge in [0.15, 0.2) is 5.82 Å². The molecular weight excluding hydrogens is 461 g/mol. The lowest BCUT2D eigenvalue weighted by Gasteiger charge is -2.18. The van der Waals surface area contributed by atoms with Gasteiger partial charge in [-0.15, -0.1) is 0 Å². The summed E-state index contributed by atoms with van der Waals surface area (Å²) in [5, 5.41) is 18.1. The topological polar surface area (TPSA) is 73.6 Å². The average molecular weight is 490 g/mol. The molecule has 2 aliphatic carbocycles. The van der Waals surface area contributed by atoms with Crippen LogP contribution < -0.4 is 15.9 Å². The van der Waals surface area contributed by atoms with Crippen LogP contribution in [0.2, 0.25) is 5.02 Å². The second-order valence-electron chi connectivity index (χ2n) is 9.50. The Morgan fingerprint density at radius 1 is 1.00 bits per heavy atom. The Morgan fingerprint density at radius 3 is 2.53 bits per heavy atom. The highest BCUT2D eigenvalue weighted by molar-refractivity contribution is 7.64. The van der Waals surface area contributed by atoms with E-state index in [4.69, 9.17) is 11.6 Å². The summed E-state index contributed by atoms with van der Waals surface area (Å²) in [6, 6.07) is 15.4. The quantitative estimate of drug-likeness (QED) is 0.294. The Balaban J connectivity index is 1.40. The first-order valence-corrected chi connectivity index (χ1v) is 14.5. The molecule has 0 unspecified atom stereocenters. The summed E-state index contributed by atoms with van der Waals surface area (Å²) in [6.07, 6.45) is 9.62. The molecule has 2 aromatic carbocycles. The highest BCUT2D eigenvalue weighted by Gasteiger charge is 2.45. The number of rotatable bonds is 6. The average Bonchev–Trinajstić information content (AvgIpc) is 3.66. The van der Waals surface area contributed by atoms with Gasteiger partial charge in [-0.2, -0.15) is 10.2 Å². The zero-order valence-corrected chi connectivity index (χ0v) is 21.3. The molecule has 0 radical (unpaired) electrons. The van der Waals surface area contributed by atoms with E-state index in [0.717, 1.165) is 42.6 Å². The molecule has 5 nitrogen and oxygen atoms in total. The van der Waals surface area contributed by atoms with Crippen LogP contribution in [-0.2, 0) is 18.3 Å². The molecule has 0 amide bonds. The van der Waals surface area contributed by atoms with Crippen molar-refractivity contribution in [3.05, 3.63) is 64.3 Å². The molecule has 2 N–H and O–H groups in total. The predicted molar refractivity (Wildman–Crippen MR) is 143 cm³/mol. The molecule has 34 heavy (non-hydrogen) atoms. The molecular formula is C27H29ClN5P. The summed E-state index contributed by atoms with van der Waals surface area (Å²) in [5.41, 5.74) is 5.67. The van der Waals surface area contributed by atoms with Gasteiger partial charge in [-0.3, -0.25) is 0 Å². The number of fused-ring (bicyclic) bond motifs is 1. The van der Waals surface area contributed by atoms with Crippen molar-refractivity contribution >= 4 is 48.0 Å². The summed E-state index contributed by atoms with van der Waals surface area (Å²) < 4.78 is 0. The van der Waals surface area contributed by atoms with Gasteiger partial charge in [-0.1, -0.05) is 38.1 Å². The van der Waals surface area contributed by atoms with Gasteiger partial charge >= 0.3 is 0 Å². The van der Waals surface area contributed by atoms with E-state index in [-0.39, 0.29) is 5.41 Å². The Bertz CT molecular complexity index is 1260. The van der Waals surface area contributed by atoms with Crippen LogP contribution in [0.4, 0.5) is 23.1 Å². The van der Waals surface area contributed by atoms with Crippen molar-refractivity contribution in [3.63, 3.8) is 0 Å². The minimum atomic E-state index is -0.392. The molecule has 0 aliphatic heterocycles. The molecule has 1 heterocycles. The summed E-state index contributed by atoms with van der Waals surface area (Å²) in [4.78, 5) is 9.09. The first-order chi connectivity index (χ1) is 16.5. The maximum Gasteiger partial charge on any atom is 0.229 e. The molecule has 1 saturated carbocycles. The van der Waals surface area contributed by atoms with Crippen molar-refractivity contribution < 1.29 is 0 Å². The molecule has 2 aliphatic rings. The zero-order chi connectivity index (χ0) is 23.7. The lowest BCUT2D eigenvalue weighted by atomic mass is 9.97. The standard InChI is InChI=1S/C27H29ClN5P/c1-34(2)24-15-20(27(17-29)12-13-27)9-11-23(24)32-25-22(28)16-30-26(33-25)31-21-10-8-18-6-4-3-5-7-19(18)14-21/h8-11,14-16H,3-7,12-13H2,1-2H3,(H2,30,31,32,33). The summed E-state index contributed by atoms with van der Waals surface area (Å²) in [7, 11) is -0.392. The second kappa shape index (κ2) is 9.53. The van der Waals surface area contributed by atoms with E-state index < -0.39 is 7.92 Å². The third-order valence-corrected chi connectivity index (χ3v) is 8.46. The van der Waals surface area contributed by atoms with Gasteiger partial charge in [0.1, 0.15) is 5.02 Å². The largest absolute Gasteiger partial charge is 0.338 e. The molecule has 7 heteroatoms. The highest BCUT2D eigenvalue weighted by Crippen LogP contribution is 2.48. The maximum absolute atomic E-state index is 9.61. The van der Waals surface area contributed by atoms with E-state index in [0.29, 0.717) is 16.8 Å². The smallest absolute Gasteiger partial charge is 0.229 e. The van der Waals surface area contributed by atoms with Crippen molar-refractivity contribution in [2.45, 2.75) is 50.4 Å². The predicted octanol–water partition coefficient (Wildman–Crippen LogP) is 6.81. The van der Waals surface area contributed by atoms with E-state index in [1.165, 1.54) is 35.7 Å². The number of nitrogens with one attached hydrogen (secondary N) is 2. The van der Waals surface area contributed by atoms with Crippen LogP contribution >= 0.6 is 19.5 Å². The van der Waals surface area contributed by atoms with E-state index in [1.54, 1.807) is 6.20 Å². The van der Waals surface area contributed by atoms with Gasteiger partial charge in [0.2, 0.25) is 5.95 Å². The monoisotopic (exact) mass is 489 g/mol. The number of hydrogen-bond donors (Lipinski definition) is 2. The van der Waals surface area contributed by atoms with E-state index >= 15 is 0 Å². The number of anilines is 4. The summed E-state index contributed by atoms with van der Waals surface area (Å²) in [5.74, 6) is 1.08. The van der Waals surface area contributed by atoms with Gasteiger partial charge in [-0.25, -0.2) is 4.98 Å². The van der Waals surface area contributed by atoms with E-state index in [1.807, 2.05) is 0 Å². The lowest BCUT2D eigenvalue weighted by molar-refractivity contribution is 0.711. The van der Waals surface area contributed by atoms with Crippen LogP contribution in [0, 0.1) is 11.3 Å². The van der Waals surface area contributed by atoms with Crippen molar-refractivity contribution in [1.29, 1.82) is 5.26 Å². The van der Waals surface area contributed by atoms with Crippen LogP contribution in [0.3, 0.4) is 0 Å². The third-order valence-electron chi connectivity index (χ3n) is 6.85. The zero-order valence-electron chi connectivity index (χ0n) is 19.7. The minimum Gasteiger partial charge on any atom is -0.338 e. The van der Waals surface area contributed by atoms with Crippen molar-refractivity contribution in [2.75, 3.05) is 24.0 Å². The van der Waals surface area contributed by atoms with Gasteiger partial charge in [0.25, 0.3) is 0 Å². The third kappa shape index (κ3) is 4.76. The van der Waals surface area contributed by atoms with Gasteiger partial charge in [0.05, 0.1) is 17.7 Å². The molecule has 0 spiro atoms. The van der Waals surface area contributed by atoms with Crippen LogP contribution in [0.5, 0.6) is 0 Å². The normalized spacial score (nSPS) is 16.3. The second-order valence-corrected chi connectivity index (χ2v) is 12.2. The lowest BCUT2D eigenvalue weighted by Crippen LogP contribution is -2.13. The molecule has 174 valence electrons. The molecule has 0 saturated heterocycles.